The van der Waals surface area contributed by atoms with Crippen LogP contribution in [0, 0.1) is 0 Å². The van der Waals surface area contributed by atoms with E-state index in [-0.39, 0.29) is 23.2 Å². The van der Waals surface area contributed by atoms with E-state index in [1.54, 1.807) is 12.2 Å². The van der Waals surface area contributed by atoms with Gasteiger partial charge in [-0.25, -0.2) is 14.8 Å². The molecule has 0 saturated heterocycles. The predicted molar refractivity (Wildman–Crippen MR) is 225 cm³/mol. The van der Waals surface area contributed by atoms with Gasteiger partial charge >= 0.3 is 5.97 Å². The van der Waals surface area contributed by atoms with Crippen LogP contribution in [-0.2, 0) is 17.9 Å². The molecule has 3 aromatic carbocycles. The van der Waals surface area contributed by atoms with Gasteiger partial charge in [-0.05, 0) is 93.0 Å². The fourth-order valence-electron chi connectivity index (χ4n) is 6.89. The number of allylic oxidation sites excluding steroid dienone is 3. The standard InChI is InChI=1S/C42H43N9O4S/c1-5-50(6-2)28-14-17-31-34(20-28)55-35-21-29(51(7-3)8-4)15-18-32(35)36(31)30-16-13-27(19-33(30)40(52)53)47-42(56)44-22-25-9-11-26(12-10-25)23-54-39-37-38(46-24-45-37)48-41(43)49-39/h9-21,24H,5-8,22-23H2,1-4H3,(H,44,56)(H,52,53)(H3,43,45,46,48,49)/b47-27-. The van der Waals surface area contributed by atoms with Gasteiger partial charge in [-0.1, -0.05) is 30.3 Å². The van der Waals surface area contributed by atoms with Crippen molar-refractivity contribution in [1.29, 1.82) is 0 Å². The van der Waals surface area contributed by atoms with Crippen LogP contribution in [0.1, 0.15) is 49.9 Å². The summed E-state index contributed by atoms with van der Waals surface area (Å²) in [6, 6.07) is 20.1. The zero-order valence-corrected chi connectivity index (χ0v) is 32.5. The van der Waals surface area contributed by atoms with Gasteiger partial charge in [0, 0.05) is 72.9 Å². The number of carboxylic acids is 1. The van der Waals surface area contributed by atoms with E-state index >= 15 is 0 Å². The number of aromatic amines is 1. The number of nitrogens with two attached hydrogens (primary N) is 1. The number of fused-ring (bicyclic) bond motifs is 3. The molecule has 0 amide bonds. The van der Waals surface area contributed by atoms with Gasteiger partial charge in [0.05, 0.1) is 17.6 Å². The zero-order chi connectivity index (χ0) is 39.3. The van der Waals surface area contributed by atoms with Crippen LogP contribution in [0.4, 0.5) is 17.3 Å². The summed E-state index contributed by atoms with van der Waals surface area (Å²) in [6.45, 7) is 12.6. The van der Waals surface area contributed by atoms with Gasteiger partial charge in [0.25, 0.3) is 0 Å². The van der Waals surface area contributed by atoms with E-state index in [4.69, 9.17) is 27.4 Å². The first-order valence-electron chi connectivity index (χ1n) is 18.6. The number of ether oxygens (including phenoxy) is 2. The molecule has 0 spiro atoms. The number of hydrogen-bond donors (Lipinski definition) is 4. The third-order valence-electron chi connectivity index (χ3n) is 9.79. The van der Waals surface area contributed by atoms with Gasteiger partial charge in [0.2, 0.25) is 11.8 Å². The van der Waals surface area contributed by atoms with Crippen molar-refractivity contribution in [2.75, 3.05) is 41.7 Å². The molecule has 56 heavy (non-hydrogen) atoms. The Labute approximate surface area is 330 Å². The zero-order valence-electron chi connectivity index (χ0n) is 31.7. The molecule has 0 atom stereocenters. The third kappa shape index (κ3) is 7.82. The molecule has 2 aromatic heterocycles. The van der Waals surface area contributed by atoms with Crippen LogP contribution in [0.2, 0.25) is 0 Å². The number of carboxylic acid groups (broad SMARTS) is 1. The van der Waals surface area contributed by atoms with E-state index in [2.05, 4.69) is 79.9 Å². The lowest BCUT2D eigenvalue weighted by molar-refractivity contribution is -0.132. The molecule has 1 aliphatic heterocycles. The number of benzene rings is 3. The SMILES string of the molecule is CCN(CC)c1ccc2c(c1)Oc1cc(N(CC)CC)ccc1C2=C1C=C/C(=N/C(=S)NCc2ccc(COc3nc(N)nc4nc[nH]c34)cc2)C=C1C(=O)O. The van der Waals surface area contributed by atoms with Crippen molar-refractivity contribution < 1.29 is 19.4 Å². The molecule has 14 heteroatoms. The second-order valence-corrected chi connectivity index (χ2v) is 13.5. The summed E-state index contributed by atoms with van der Waals surface area (Å²) in [6.07, 6.45) is 6.69. The molecule has 0 bridgehead atoms. The molecule has 3 heterocycles. The molecule has 2 aliphatic rings. The quantitative estimate of drug-likeness (QED) is 0.0926. The first kappa shape index (κ1) is 37.8. The van der Waals surface area contributed by atoms with E-state index in [0.717, 1.165) is 65.4 Å². The molecular formula is C42H43N9O4S. The van der Waals surface area contributed by atoms with E-state index in [9.17, 15) is 9.90 Å². The van der Waals surface area contributed by atoms with Crippen molar-refractivity contribution in [3.63, 3.8) is 0 Å². The van der Waals surface area contributed by atoms with Gasteiger partial charge in [0.1, 0.15) is 23.6 Å². The van der Waals surface area contributed by atoms with Crippen molar-refractivity contribution >= 4 is 63.1 Å². The Morgan fingerprint density at radius 3 is 2.14 bits per heavy atom. The number of nitrogens with zero attached hydrogens (tertiary/aromatic N) is 6. The number of aliphatic imine (C=N–C) groups is 1. The fraction of sp³-hybridized carbons (Fsp3) is 0.238. The molecule has 5 aromatic rings. The number of anilines is 3. The second-order valence-electron chi connectivity index (χ2n) is 13.1. The average molecular weight is 770 g/mol. The Bertz CT molecular complexity index is 2360. The number of rotatable bonds is 12. The number of aliphatic carboxylic acids is 1. The van der Waals surface area contributed by atoms with Crippen molar-refractivity contribution in [1.82, 2.24) is 25.3 Å². The van der Waals surface area contributed by atoms with Crippen LogP contribution < -0.4 is 30.3 Å². The number of nitrogens with one attached hydrogen (secondary N) is 2. The van der Waals surface area contributed by atoms with Gasteiger partial charge in [0.15, 0.2) is 10.8 Å². The summed E-state index contributed by atoms with van der Waals surface area (Å²) in [5.74, 6) is 0.698. The predicted octanol–water partition coefficient (Wildman–Crippen LogP) is 7.21. The molecule has 0 saturated carbocycles. The number of aromatic nitrogens is 4. The number of thiocarbonyl (C=S) groups is 1. The molecule has 0 unspecified atom stereocenters. The summed E-state index contributed by atoms with van der Waals surface area (Å²) in [5, 5.41) is 14.0. The highest BCUT2D eigenvalue weighted by Crippen LogP contribution is 2.49. The Morgan fingerprint density at radius 2 is 1.54 bits per heavy atom. The van der Waals surface area contributed by atoms with Gasteiger partial charge in [-0.15, -0.1) is 0 Å². The Balaban J connectivity index is 1.11. The lowest BCUT2D eigenvalue weighted by atomic mass is 9.84. The average Bonchev–Trinajstić information content (AvgIpc) is 3.68. The lowest BCUT2D eigenvalue weighted by Gasteiger charge is -2.30. The highest BCUT2D eigenvalue weighted by Gasteiger charge is 2.30. The van der Waals surface area contributed by atoms with Crippen LogP contribution in [0.5, 0.6) is 17.4 Å². The Morgan fingerprint density at radius 1 is 0.911 bits per heavy atom. The minimum Gasteiger partial charge on any atom is -0.478 e. The first-order valence-corrected chi connectivity index (χ1v) is 19.0. The van der Waals surface area contributed by atoms with Crippen molar-refractivity contribution in [2.24, 2.45) is 4.99 Å². The molecule has 5 N–H and O–H groups in total. The number of H-pyrrole nitrogens is 1. The topological polar surface area (TPSA) is 167 Å². The first-order chi connectivity index (χ1) is 27.2. The molecule has 1 aliphatic carbocycles. The van der Waals surface area contributed by atoms with Gasteiger partial charge in [-0.2, -0.15) is 9.97 Å². The number of nitrogen functional groups attached to an aromatic ring is 1. The smallest absolute Gasteiger partial charge is 0.336 e. The fourth-order valence-corrected chi connectivity index (χ4v) is 7.07. The van der Waals surface area contributed by atoms with Crippen LogP contribution in [0.3, 0.4) is 0 Å². The van der Waals surface area contributed by atoms with Gasteiger partial charge in [-0.3, -0.25) is 0 Å². The maximum Gasteiger partial charge on any atom is 0.336 e. The summed E-state index contributed by atoms with van der Waals surface area (Å²) < 4.78 is 12.5. The summed E-state index contributed by atoms with van der Waals surface area (Å²) in [4.78, 5) is 37.3. The van der Waals surface area contributed by atoms with Crippen molar-refractivity contribution in [3.8, 4) is 17.4 Å². The van der Waals surface area contributed by atoms with Crippen LogP contribution >= 0.6 is 12.2 Å². The minimum absolute atomic E-state index is 0.0846. The summed E-state index contributed by atoms with van der Waals surface area (Å²) in [5.41, 5.74) is 14.3. The summed E-state index contributed by atoms with van der Waals surface area (Å²) in [7, 11) is 0. The monoisotopic (exact) mass is 769 g/mol. The number of carbonyl (C=O) groups is 1. The maximum atomic E-state index is 12.9. The van der Waals surface area contributed by atoms with Crippen molar-refractivity contribution in [3.05, 3.63) is 119 Å². The third-order valence-corrected chi connectivity index (χ3v) is 10.0. The Hall–Kier alpha value is -6.54. The van der Waals surface area contributed by atoms with E-state index < -0.39 is 5.97 Å². The van der Waals surface area contributed by atoms with Crippen LogP contribution in [-0.4, -0.2) is 68.0 Å². The number of imidazole rings is 1. The van der Waals surface area contributed by atoms with E-state index in [0.29, 0.717) is 46.4 Å². The van der Waals surface area contributed by atoms with Crippen molar-refractivity contribution in [2.45, 2.75) is 40.8 Å². The van der Waals surface area contributed by atoms with Crippen LogP contribution in [0.25, 0.3) is 16.7 Å². The molecular weight excluding hydrogens is 727 g/mol. The van der Waals surface area contributed by atoms with Gasteiger partial charge < -0.3 is 40.4 Å². The van der Waals surface area contributed by atoms with Crippen LogP contribution in [0.15, 0.2) is 101 Å². The minimum atomic E-state index is -1.07. The second kappa shape index (κ2) is 16.4. The molecule has 0 radical (unpaired) electrons. The maximum absolute atomic E-state index is 12.9. The lowest BCUT2D eigenvalue weighted by Crippen LogP contribution is -2.22. The number of hydrogen-bond acceptors (Lipinski definition) is 10. The largest absolute Gasteiger partial charge is 0.478 e. The summed E-state index contributed by atoms with van der Waals surface area (Å²) >= 11 is 5.57. The highest BCUT2D eigenvalue weighted by atomic mass is 32.1. The molecule has 286 valence electrons. The molecule has 13 nitrogen and oxygen atoms in total. The Kier molecular flexibility index (Phi) is 11.1. The molecule has 7 rings (SSSR count). The molecule has 0 fully saturated rings. The van der Waals surface area contributed by atoms with E-state index in [1.807, 2.05) is 54.6 Å². The normalized spacial score (nSPS) is 13.9. The highest BCUT2D eigenvalue weighted by molar-refractivity contribution is 7.80. The van der Waals surface area contributed by atoms with E-state index in [1.165, 1.54) is 6.33 Å².